The van der Waals surface area contributed by atoms with E-state index in [-0.39, 0.29) is 5.57 Å². The molecule has 1 unspecified atom stereocenters. The van der Waals surface area contributed by atoms with Crippen LogP contribution in [0.1, 0.15) is 0 Å². The van der Waals surface area contributed by atoms with Gasteiger partial charge in [-0.2, -0.15) is 0 Å². The number of allylic oxidation sites excluding steroid dienone is 2. The summed E-state index contributed by atoms with van der Waals surface area (Å²) in [5.41, 5.74) is 6.35. The maximum absolute atomic E-state index is 10.5. The van der Waals surface area contributed by atoms with Crippen molar-refractivity contribution in [2.45, 2.75) is 6.04 Å². The van der Waals surface area contributed by atoms with Gasteiger partial charge >= 0.3 is 5.97 Å². The van der Waals surface area contributed by atoms with E-state index in [4.69, 9.17) is 10.8 Å². The van der Waals surface area contributed by atoms with Gasteiger partial charge in [0, 0.05) is 0 Å². The molecule has 3 heteroatoms. The Labute approximate surface area is 64.5 Å². The van der Waals surface area contributed by atoms with Gasteiger partial charge < -0.3 is 10.8 Å². The van der Waals surface area contributed by atoms with Gasteiger partial charge in [0.25, 0.3) is 0 Å². The zero-order valence-electron chi connectivity index (χ0n) is 5.95. The summed E-state index contributed by atoms with van der Waals surface area (Å²) in [6.45, 7) is 3.61. The van der Waals surface area contributed by atoms with Crippen molar-refractivity contribution >= 4 is 5.97 Å². The van der Waals surface area contributed by atoms with Crippen molar-refractivity contribution in [3.63, 3.8) is 0 Å². The highest BCUT2D eigenvalue weighted by Crippen LogP contribution is 2.14. The number of rotatable bonds is 1. The van der Waals surface area contributed by atoms with E-state index in [9.17, 15) is 4.79 Å². The predicted octanol–water partition coefficient (Wildman–Crippen LogP) is 0.451. The van der Waals surface area contributed by atoms with Crippen LogP contribution in [0.4, 0.5) is 0 Å². The third-order valence-electron chi connectivity index (χ3n) is 1.57. The van der Waals surface area contributed by atoms with Crippen LogP contribution in [0.15, 0.2) is 36.0 Å². The summed E-state index contributed by atoms with van der Waals surface area (Å²) in [5.74, 6) is -0.983. The van der Waals surface area contributed by atoms with Crippen LogP contribution in [0.25, 0.3) is 0 Å². The summed E-state index contributed by atoms with van der Waals surface area (Å²) in [7, 11) is 0. The number of hydrogen-bond acceptors (Lipinski definition) is 2. The third kappa shape index (κ3) is 1.38. The van der Waals surface area contributed by atoms with E-state index in [2.05, 4.69) is 6.58 Å². The quantitative estimate of drug-likeness (QED) is 0.572. The molecule has 0 aromatic heterocycles. The maximum Gasteiger partial charge on any atom is 0.333 e. The van der Waals surface area contributed by atoms with Crippen molar-refractivity contribution in [3.8, 4) is 0 Å². The van der Waals surface area contributed by atoms with Crippen molar-refractivity contribution in [2.24, 2.45) is 5.73 Å². The van der Waals surface area contributed by atoms with Crippen molar-refractivity contribution in [3.05, 3.63) is 36.0 Å². The fourth-order valence-electron chi connectivity index (χ4n) is 0.887. The zero-order valence-corrected chi connectivity index (χ0v) is 5.95. The van der Waals surface area contributed by atoms with Gasteiger partial charge in [-0.3, -0.25) is 0 Å². The van der Waals surface area contributed by atoms with Crippen LogP contribution in [0.5, 0.6) is 0 Å². The number of nitrogens with two attached hydrogens (primary N) is 1. The first-order valence-corrected chi connectivity index (χ1v) is 3.19. The standard InChI is InChI=1S/C8H9NO2/c1-5-3-2-4-6(7(5)9)8(10)11/h2-4,7H,1,9H2,(H,10,11). The maximum atomic E-state index is 10.5. The summed E-state index contributed by atoms with van der Waals surface area (Å²) < 4.78 is 0. The van der Waals surface area contributed by atoms with Gasteiger partial charge in [0.1, 0.15) is 0 Å². The Morgan fingerprint density at radius 3 is 2.82 bits per heavy atom. The van der Waals surface area contributed by atoms with E-state index in [1.807, 2.05) is 0 Å². The molecule has 0 saturated heterocycles. The van der Waals surface area contributed by atoms with E-state index in [0.717, 1.165) is 0 Å². The van der Waals surface area contributed by atoms with Gasteiger partial charge in [-0.1, -0.05) is 18.7 Å². The van der Waals surface area contributed by atoms with E-state index in [0.29, 0.717) is 5.57 Å². The molecule has 0 aromatic rings. The second-order valence-electron chi connectivity index (χ2n) is 2.34. The van der Waals surface area contributed by atoms with Crippen molar-refractivity contribution < 1.29 is 9.90 Å². The molecule has 3 N–H and O–H groups in total. The predicted molar refractivity (Wildman–Crippen MR) is 42.0 cm³/mol. The number of hydrogen-bond donors (Lipinski definition) is 2. The molecule has 1 atom stereocenters. The monoisotopic (exact) mass is 151 g/mol. The minimum absolute atomic E-state index is 0.192. The van der Waals surface area contributed by atoms with Gasteiger partial charge in [0.15, 0.2) is 0 Å². The highest BCUT2D eigenvalue weighted by Gasteiger charge is 2.19. The molecule has 0 fully saturated rings. The first kappa shape index (κ1) is 7.75. The number of carboxylic acids is 1. The lowest BCUT2D eigenvalue weighted by Gasteiger charge is -2.15. The van der Waals surface area contributed by atoms with Gasteiger partial charge in [-0.05, 0) is 11.6 Å². The summed E-state index contributed by atoms with van der Waals surface area (Å²) in [5, 5.41) is 8.60. The van der Waals surface area contributed by atoms with Gasteiger partial charge in [-0.25, -0.2) is 4.79 Å². The number of carbonyl (C=O) groups is 1. The fourth-order valence-corrected chi connectivity index (χ4v) is 0.887. The molecule has 1 aliphatic rings. The SMILES string of the molecule is C=C1C=CC=C(C(=O)O)C1N. The number of carboxylic acid groups (broad SMARTS) is 1. The van der Waals surface area contributed by atoms with Crippen LogP contribution in [0.2, 0.25) is 0 Å². The van der Waals surface area contributed by atoms with Crippen molar-refractivity contribution in [2.75, 3.05) is 0 Å². The van der Waals surface area contributed by atoms with Gasteiger partial charge in [0.2, 0.25) is 0 Å². The van der Waals surface area contributed by atoms with E-state index in [1.165, 1.54) is 6.08 Å². The van der Waals surface area contributed by atoms with Gasteiger partial charge in [0.05, 0.1) is 11.6 Å². The Hall–Kier alpha value is -1.35. The van der Waals surface area contributed by atoms with Crippen LogP contribution in [-0.2, 0) is 4.79 Å². The van der Waals surface area contributed by atoms with Crippen LogP contribution in [0, 0.1) is 0 Å². The Morgan fingerprint density at radius 2 is 2.36 bits per heavy atom. The molecule has 1 aliphatic carbocycles. The second kappa shape index (κ2) is 2.72. The molecule has 1 rings (SSSR count). The lowest BCUT2D eigenvalue weighted by atomic mass is 9.96. The Bertz CT molecular complexity index is 263. The molecule has 0 aromatic carbocycles. The van der Waals surface area contributed by atoms with Crippen LogP contribution in [-0.4, -0.2) is 17.1 Å². The molecule has 11 heavy (non-hydrogen) atoms. The fraction of sp³-hybridized carbons (Fsp3) is 0.125. The molecule has 0 heterocycles. The van der Waals surface area contributed by atoms with Crippen LogP contribution in [0.3, 0.4) is 0 Å². The zero-order chi connectivity index (χ0) is 8.43. The topological polar surface area (TPSA) is 63.3 Å². The highest BCUT2D eigenvalue weighted by atomic mass is 16.4. The molecular weight excluding hydrogens is 142 g/mol. The summed E-state index contributed by atoms with van der Waals surface area (Å²) in [4.78, 5) is 10.5. The van der Waals surface area contributed by atoms with Crippen LogP contribution >= 0.6 is 0 Å². The minimum Gasteiger partial charge on any atom is -0.478 e. The van der Waals surface area contributed by atoms with Crippen LogP contribution < -0.4 is 5.73 Å². The molecule has 3 nitrogen and oxygen atoms in total. The summed E-state index contributed by atoms with van der Waals surface area (Å²) in [6.07, 6.45) is 4.83. The third-order valence-corrected chi connectivity index (χ3v) is 1.57. The van der Waals surface area contributed by atoms with E-state index in [1.54, 1.807) is 12.2 Å². The van der Waals surface area contributed by atoms with Gasteiger partial charge in [-0.15, -0.1) is 0 Å². The summed E-state index contributed by atoms with van der Waals surface area (Å²) >= 11 is 0. The molecule has 0 bridgehead atoms. The Morgan fingerprint density at radius 1 is 1.73 bits per heavy atom. The Balaban J connectivity index is 2.96. The van der Waals surface area contributed by atoms with Crippen molar-refractivity contribution in [1.82, 2.24) is 0 Å². The lowest BCUT2D eigenvalue weighted by Crippen LogP contribution is -2.29. The minimum atomic E-state index is -0.983. The molecule has 0 spiro atoms. The normalized spacial score (nSPS) is 23.2. The van der Waals surface area contributed by atoms with E-state index >= 15 is 0 Å². The molecule has 58 valence electrons. The first-order valence-electron chi connectivity index (χ1n) is 3.19. The molecule has 0 aliphatic heterocycles. The highest BCUT2D eigenvalue weighted by molar-refractivity contribution is 5.90. The molecule has 0 radical (unpaired) electrons. The largest absolute Gasteiger partial charge is 0.478 e. The molecule has 0 amide bonds. The smallest absolute Gasteiger partial charge is 0.333 e. The average Bonchev–Trinajstić information content (AvgIpc) is 1.94. The average molecular weight is 151 g/mol. The second-order valence-corrected chi connectivity index (χ2v) is 2.34. The molecule has 0 saturated carbocycles. The lowest BCUT2D eigenvalue weighted by molar-refractivity contribution is -0.132. The molecular formula is C8H9NO2. The number of aliphatic carboxylic acids is 1. The van der Waals surface area contributed by atoms with E-state index < -0.39 is 12.0 Å². The first-order chi connectivity index (χ1) is 5.13. The van der Waals surface area contributed by atoms with Crippen molar-refractivity contribution in [1.29, 1.82) is 0 Å². The Kier molecular flexibility index (Phi) is 1.92. The summed E-state index contributed by atoms with van der Waals surface area (Å²) in [6, 6.07) is -0.558.